The standard InChI is InChI=1S/C47H80NO8P/c1-3-5-7-9-11-13-15-17-19-21-22-24-25-27-29-31-33-35-37-39-46(49)53-43-45(44-55-57(51,52)54-42-41-48)56-47(50)40-38-36-34-32-30-28-26-23-20-18-16-14-12-10-8-6-4-2/h5,7,11,13,17-20,22,24,27,29,33,35,45H,3-4,6,8-10,12,14-16,21,23,25-26,28,30-32,34,36-44,48H2,1-2H3,(H,51,52). The third-order valence-corrected chi connectivity index (χ3v) is 9.76. The number of rotatable bonds is 40. The Labute approximate surface area is 347 Å². The second-order valence-corrected chi connectivity index (χ2v) is 15.6. The van der Waals surface area contributed by atoms with E-state index in [0.29, 0.717) is 12.8 Å². The van der Waals surface area contributed by atoms with Gasteiger partial charge in [-0.15, -0.1) is 0 Å². The fraction of sp³-hybridized carbons (Fsp3) is 0.660. The number of carbonyl (C=O) groups excluding carboxylic acids is 2. The van der Waals surface area contributed by atoms with Gasteiger partial charge in [0.2, 0.25) is 0 Å². The van der Waals surface area contributed by atoms with E-state index in [1.165, 1.54) is 64.2 Å². The number of phosphoric ester groups is 1. The van der Waals surface area contributed by atoms with E-state index < -0.39 is 32.5 Å². The van der Waals surface area contributed by atoms with Crippen LogP contribution in [0.2, 0.25) is 0 Å². The van der Waals surface area contributed by atoms with Crippen LogP contribution in [0.1, 0.15) is 168 Å². The van der Waals surface area contributed by atoms with Crippen molar-refractivity contribution in [3.05, 3.63) is 85.1 Å². The first kappa shape index (κ1) is 54.2. The molecule has 0 aliphatic rings. The summed E-state index contributed by atoms with van der Waals surface area (Å²) in [6.07, 6.45) is 53.4. The first-order valence-electron chi connectivity index (χ1n) is 22.1. The fourth-order valence-corrected chi connectivity index (χ4v) is 6.30. The van der Waals surface area contributed by atoms with Crippen molar-refractivity contribution in [2.75, 3.05) is 26.4 Å². The molecule has 57 heavy (non-hydrogen) atoms. The highest BCUT2D eigenvalue weighted by molar-refractivity contribution is 7.47. The Balaban J connectivity index is 4.29. The highest BCUT2D eigenvalue weighted by Crippen LogP contribution is 2.43. The molecule has 2 atom stereocenters. The van der Waals surface area contributed by atoms with E-state index in [1.54, 1.807) is 0 Å². The van der Waals surface area contributed by atoms with Crippen molar-refractivity contribution in [3.63, 3.8) is 0 Å². The molecule has 9 nitrogen and oxygen atoms in total. The number of unbranched alkanes of at least 4 members (excludes halogenated alkanes) is 13. The van der Waals surface area contributed by atoms with Crippen molar-refractivity contribution in [1.82, 2.24) is 0 Å². The number of phosphoric acid groups is 1. The minimum Gasteiger partial charge on any atom is -0.462 e. The largest absolute Gasteiger partial charge is 0.472 e. The molecule has 2 unspecified atom stereocenters. The minimum atomic E-state index is -4.40. The van der Waals surface area contributed by atoms with Crippen LogP contribution in [0.15, 0.2) is 85.1 Å². The lowest BCUT2D eigenvalue weighted by Gasteiger charge is -2.19. The Morgan fingerprint density at radius 1 is 0.544 bits per heavy atom. The molecule has 10 heteroatoms. The summed E-state index contributed by atoms with van der Waals surface area (Å²) in [5.41, 5.74) is 5.34. The molecule has 0 aromatic carbocycles. The summed E-state index contributed by atoms with van der Waals surface area (Å²) in [7, 11) is -4.40. The molecule has 0 spiro atoms. The zero-order chi connectivity index (χ0) is 41.8. The van der Waals surface area contributed by atoms with E-state index >= 15 is 0 Å². The Kier molecular flexibility index (Phi) is 40.7. The monoisotopic (exact) mass is 818 g/mol. The second-order valence-electron chi connectivity index (χ2n) is 14.2. The fourth-order valence-electron chi connectivity index (χ4n) is 5.54. The lowest BCUT2D eigenvalue weighted by molar-refractivity contribution is -0.161. The maximum Gasteiger partial charge on any atom is 0.472 e. The number of esters is 2. The van der Waals surface area contributed by atoms with Gasteiger partial charge in [0.15, 0.2) is 6.10 Å². The van der Waals surface area contributed by atoms with Crippen LogP contribution in [0.5, 0.6) is 0 Å². The van der Waals surface area contributed by atoms with Crippen LogP contribution in [-0.4, -0.2) is 49.3 Å². The van der Waals surface area contributed by atoms with Gasteiger partial charge in [0.05, 0.1) is 13.2 Å². The maximum atomic E-state index is 12.6. The second kappa shape index (κ2) is 42.8. The van der Waals surface area contributed by atoms with E-state index in [9.17, 15) is 19.0 Å². The van der Waals surface area contributed by atoms with Gasteiger partial charge in [0.1, 0.15) is 6.61 Å². The summed E-state index contributed by atoms with van der Waals surface area (Å²) in [6.45, 7) is 3.51. The van der Waals surface area contributed by atoms with Gasteiger partial charge in [-0.1, -0.05) is 163 Å². The third kappa shape index (κ3) is 42.6. The van der Waals surface area contributed by atoms with Crippen molar-refractivity contribution in [2.24, 2.45) is 5.73 Å². The molecule has 0 saturated carbocycles. The topological polar surface area (TPSA) is 134 Å². The van der Waals surface area contributed by atoms with Crippen LogP contribution < -0.4 is 5.73 Å². The molecule has 0 aliphatic carbocycles. The molecular formula is C47H80NO8P. The van der Waals surface area contributed by atoms with Crippen molar-refractivity contribution >= 4 is 19.8 Å². The molecule has 0 saturated heterocycles. The van der Waals surface area contributed by atoms with Crippen LogP contribution in [0.3, 0.4) is 0 Å². The van der Waals surface area contributed by atoms with Gasteiger partial charge in [0.25, 0.3) is 0 Å². The molecule has 3 N–H and O–H groups in total. The van der Waals surface area contributed by atoms with Crippen LogP contribution >= 0.6 is 7.82 Å². The van der Waals surface area contributed by atoms with Gasteiger partial charge >= 0.3 is 19.8 Å². The molecule has 0 radical (unpaired) electrons. The Bertz CT molecular complexity index is 1210. The molecule has 0 aromatic heterocycles. The number of allylic oxidation sites excluding steroid dienone is 14. The lowest BCUT2D eigenvalue weighted by atomic mass is 10.1. The maximum absolute atomic E-state index is 12.6. The summed E-state index contributed by atoms with van der Waals surface area (Å²) in [6, 6.07) is 0. The Morgan fingerprint density at radius 3 is 1.51 bits per heavy atom. The molecule has 0 bridgehead atoms. The smallest absolute Gasteiger partial charge is 0.462 e. The predicted molar refractivity (Wildman–Crippen MR) is 238 cm³/mol. The van der Waals surface area contributed by atoms with Crippen LogP contribution in [0, 0.1) is 0 Å². The van der Waals surface area contributed by atoms with Crippen LogP contribution in [0.4, 0.5) is 0 Å². The van der Waals surface area contributed by atoms with Gasteiger partial charge in [-0.05, 0) is 77.0 Å². The zero-order valence-electron chi connectivity index (χ0n) is 35.8. The molecule has 0 aromatic rings. The highest BCUT2D eigenvalue weighted by atomic mass is 31.2. The molecule has 0 aliphatic heterocycles. The lowest BCUT2D eigenvalue weighted by Crippen LogP contribution is -2.29. The van der Waals surface area contributed by atoms with E-state index in [1.807, 2.05) is 12.2 Å². The number of hydrogen-bond donors (Lipinski definition) is 2. The molecular weight excluding hydrogens is 737 g/mol. The third-order valence-electron chi connectivity index (χ3n) is 8.78. The summed E-state index contributed by atoms with van der Waals surface area (Å²) in [4.78, 5) is 34.9. The molecule has 0 fully saturated rings. The summed E-state index contributed by atoms with van der Waals surface area (Å²) in [5.74, 6) is -0.938. The average molecular weight is 818 g/mol. The van der Waals surface area contributed by atoms with Gasteiger partial charge in [-0.3, -0.25) is 18.6 Å². The molecule has 0 heterocycles. The van der Waals surface area contributed by atoms with E-state index in [-0.39, 0.29) is 32.6 Å². The number of hydrogen-bond acceptors (Lipinski definition) is 8. The number of ether oxygens (including phenoxy) is 2. The van der Waals surface area contributed by atoms with Gasteiger partial charge in [0, 0.05) is 19.4 Å². The normalized spacial score (nSPS) is 14.1. The minimum absolute atomic E-state index is 0.0391. The van der Waals surface area contributed by atoms with Crippen LogP contribution in [0.25, 0.3) is 0 Å². The number of nitrogens with two attached hydrogens (primary N) is 1. The zero-order valence-corrected chi connectivity index (χ0v) is 36.7. The Morgan fingerprint density at radius 2 is 1.00 bits per heavy atom. The highest BCUT2D eigenvalue weighted by Gasteiger charge is 2.25. The summed E-state index contributed by atoms with van der Waals surface area (Å²) >= 11 is 0. The average Bonchev–Trinajstić information content (AvgIpc) is 3.20. The molecule has 0 rings (SSSR count). The molecule has 326 valence electrons. The first-order valence-corrected chi connectivity index (χ1v) is 23.6. The van der Waals surface area contributed by atoms with E-state index in [4.69, 9.17) is 24.3 Å². The summed E-state index contributed by atoms with van der Waals surface area (Å²) in [5, 5.41) is 0. The Hall–Kier alpha value is -2.81. The van der Waals surface area contributed by atoms with Crippen LogP contribution in [-0.2, 0) is 32.7 Å². The summed E-state index contributed by atoms with van der Waals surface area (Å²) < 4.78 is 32.7. The quantitative estimate of drug-likeness (QED) is 0.0268. The first-order chi connectivity index (χ1) is 27.8. The van der Waals surface area contributed by atoms with Gasteiger partial charge < -0.3 is 20.1 Å². The van der Waals surface area contributed by atoms with E-state index in [0.717, 1.165) is 64.2 Å². The van der Waals surface area contributed by atoms with Crippen molar-refractivity contribution in [1.29, 1.82) is 0 Å². The van der Waals surface area contributed by atoms with E-state index in [2.05, 4.69) is 86.8 Å². The number of carbonyl (C=O) groups is 2. The molecule has 0 amide bonds. The van der Waals surface area contributed by atoms with Gasteiger partial charge in [-0.2, -0.15) is 0 Å². The van der Waals surface area contributed by atoms with Crippen molar-refractivity contribution in [2.45, 2.75) is 174 Å². The predicted octanol–water partition coefficient (Wildman–Crippen LogP) is 12.8. The SMILES string of the molecule is CCC=CCC=CCC=CCC=CCC=CCC=CCCC(=O)OCC(COP(=O)(O)OCCN)OC(=O)CCCCCCCCCC=CCCCCCCCC. The van der Waals surface area contributed by atoms with Crippen molar-refractivity contribution < 1.29 is 37.6 Å². The van der Waals surface area contributed by atoms with Crippen molar-refractivity contribution in [3.8, 4) is 0 Å². The van der Waals surface area contributed by atoms with Gasteiger partial charge in [-0.25, -0.2) is 4.57 Å².